The van der Waals surface area contributed by atoms with Crippen LogP contribution in [0.25, 0.3) is 0 Å². The molecule has 37 heavy (non-hydrogen) atoms. The zero-order valence-electron chi connectivity index (χ0n) is 20.5. The van der Waals surface area contributed by atoms with E-state index in [2.05, 4.69) is 5.10 Å². The van der Waals surface area contributed by atoms with Gasteiger partial charge < -0.3 is 14.2 Å². The Bertz CT molecular complexity index is 1390. The van der Waals surface area contributed by atoms with Crippen LogP contribution >= 0.6 is 0 Å². The number of amides is 1. The fourth-order valence-electron chi connectivity index (χ4n) is 4.62. The minimum absolute atomic E-state index is 0.183. The summed E-state index contributed by atoms with van der Waals surface area (Å²) in [5.41, 5.74) is -2.23. The second kappa shape index (κ2) is 9.58. The number of ether oxygens (including phenoxy) is 3. The van der Waals surface area contributed by atoms with E-state index in [1.807, 2.05) is 6.07 Å². The molecule has 0 saturated carbocycles. The number of hydrazone groups is 1. The molecule has 11 nitrogen and oxygen atoms in total. The summed E-state index contributed by atoms with van der Waals surface area (Å²) in [5, 5.41) is 25.2. The van der Waals surface area contributed by atoms with E-state index in [1.54, 1.807) is 54.6 Å². The van der Waals surface area contributed by atoms with Crippen molar-refractivity contribution in [2.24, 2.45) is 16.4 Å². The van der Waals surface area contributed by atoms with Crippen molar-refractivity contribution in [1.82, 2.24) is 0 Å². The van der Waals surface area contributed by atoms with Crippen LogP contribution in [0.15, 0.2) is 71.0 Å². The number of nitrogens with one attached hydrogen (secondary N) is 1. The van der Waals surface area contributed by atoms with Gasteiger partial charge in [0.15, 0.2) is 5.41 Å². The predicted octanol–water partition coefficient (Wildman–Crippen LogP) is 2.64. The highest BCUT2D eigenvalue weighted by Gasteiger charge is 2.65. The highest BCUT2D eigenvalue weighted by atomic mass is 16.5. The first kappa shape index (κ1) is 25.1. The molecule has 0 radical (unpaired) electrons. The minimum atomic E-state index is -2.25. The monoisotopic (exact) mass is 501 g/mol. The van der Waals surface area contributed by atoms with E-state index in [-0.39, 0.29) is 11.4 Å². The van der Waals surface area contributed by atoms with Crippen molar-refractivity contribution >= 4 is 40.8 Å². The van der Waals surface area contributed by atoms with E-state index in [1.165, 1.54) is 14.0 Å². The van der Waals surface area contributed by atoms with Crippen molar-refractivity contribution in [1.29, 1.82) is 10.7 Å². The SMILES string of the molecule is COC(=O)C1=C(C(=O)OC)C(C#N)(C2C(=O)N(c3ccccc3)N=C2C)C(=N)N1c1ccc(OC)cc1. The largest absolute Gasteiger partial charge is 0.497 e. The fourth-order valence-corrected chi connectivity index (χ4v) is 4.62. The van der Waals surface area contributed by atoms with Crippen molar-refractivity contribution in [2.75, 3.05) is 31.2 Å². The van der Waals surface area contributed by atoms with Crippen molar-refractivity contribution in [3.05, 3.63) is 65.9 Å². The summed E-state index contributed by atoms with van der Waals surface area (Å²) < 4.78 is 15.1. The van der Waals surface area contributed by atoms with Gasteiger partial charge in [0.05, 0.1) is 44.4 Å². The Kier molecular flexibility index (Phi) is 6.50. The van der Waals surface area contributed by atoms with Gasteiger partial charge in [-0.25, -0.2) is 14.6 Å². The van der Waals surface area contributed by atoms with Gasteiger partial charge in [-0.1, -0.05) is 18.2 Å². The number of amidine groups is 1. The molecule has 1 N–H and O–H groups in total. The molecule has 2 aromatic carbocycles. The van der Waals surface area contributed by atoms with E-state index >= 15 is 0 Å². The van der Waals surface area contributed by atoms with E-state index in [0.29, 0.717) is 11.4 Å². The molecule has 0 spiro atoms. The molecule has 0 saturated heterocycles. The topological polar surface area (TPSA) is 145 Å². The molecular formula is C26H23N5O6. The Labute approximate surface area is 212 Å². The molecule has 4 rings (SSSR count). The zero-order valence-corrected chi connectivity index (χ0v) is 20.5. The first-order valence-corrected chi connectivity index (χ1v) is 11.1. The van der Waals surface area contributed by atoms with Gasteiger partial charge in [-0.3, -0.25) is 15.1 Å². The fraction of sp³-hybridized carbons (Fsp3) is 0.231. The summed E-state index contributed by atoms with van der Waals surface area (Å²) in [5.74, 6) is -4.08. The third-order valence-electron chi connectivity index (χ3n) is 6.29. The normalized spacial score (nSPS) is 21.1. The third-order valence-corrected chi connectivity index (χ3v) is 6.29. The minimum Gasteiger partial charge on any atom is -0.497 e. The summed E-state index contributed by atoms with van der Waals surface area (Å²) in [6.45, 7) is 1.53. The summed E-state index contributed by atoms with van der Waals surface area (Å²) >= 11 is 0. The van der Waals surface area contributed by atoms with Crippen molar-refractivity contribution in [3.63, 3.8) is 0 Å². The van der Waals surface area contributed by atoms with Crippen LogP contribution in [-0.2, 0) is 23.9 Å². The standard InChI is InChI=1S/C26H23N5O6/c1-15-19(22(32)31(29-15)17-8-6-5-7-9-17)26(14-27)20(23(33)36-3)21(24(34)37-4)30(25(26)28)16-10-12-18(35-2)13-11-16/h5-13,19,28H,1-4H3. The molecule has 2 aliphatic heterocycles. The van der Waals surface area contributed by atoms with E-state index < -0.39 is 46.3 Å². The molecule has 2 aromatic rings. The van der Waals surface area contributed by atoms with E-state index in [4.69, 9.17) is 19.6 Å². The van der Waals surface area contributed by atoms with Crippen molar-refractivity contribution < 1.29 is 28.6 Å². The second-order valence-electron chi connectivity index (χ2n) is 8.17. The Morgan fingerprint density at radius 2 is 1.62 bits per heavy atom. The van der Waals surface area contributed by atoms with Crippen molar-refractivity contribution in [3.8, 4) is 11.8 Å². The molecule has 0 bridgehead atoms. The first-order chi connectivity index (χ1) is 17.8. The van der Waals surface area contributed by atoms with Crippen LogP contribution in [0.4, 0.5) is 11.4 Å². The number of nitrogens with zero attached hydrogens (tertiary/aromatic N) is 4. The number of para-hydroxylation sites is 1. The maximum atomic E-state index is 13.8. The lowest BCUT2D eigenvalue weighted by Crippen LogP contribution is -2.48. The van der Waals surface area contributed by atoms with E-state index in [0.717, 1.165) is 24.1 Å². The number of esters is 2. The van der Waals surface area contributed by atoms with Gasteiger partial charge in [0.1, 0.15) is 23.2 Å². The van der Waals surface area contributed by atoms with E-state index in [9.17, 15) is 19.6 Å². The van der Waals surface area contributed by atoms with Gasteiger partial charge in [0.2, 0.25) is 0 Å². The van der Waals surface area contributed by atoms with Crippen LogP contribution < -0.4 is 14.6 Å². The third kappa shape index (κ3) is 3.70. The molecule has 0 aliphatic carbocycles. The predicted molar refractivity (Wildman–Crippen MR) is 133 cm³/mol. The van der Waals surface area contributed by atoms with Crippen molar-refractivity contribution in [2.45, 2.75) is 6.92 Å². The lowest BCUT2D eigenvalue weighted by atomic mass is 9.68. The second-order valence-corrected chi connectivity index (χ2v) is 8.17. The molecule has 0 fully saturated rings. The number of methoxy groups -OCH3 is 3. The molecule has 0 aromatic heterocycles. The lowest BCUT2D eigenvalue weighted by Gasteiger charge is -2.30. The molecule has 1 amide bonds. The molecule has 11 heteroatoms. The highest BCUT2D eigenvalue weighted by Crippen LogP contribution is 2.51. The smallest absolute Gasteiger partial charge is 0.355 e. The maximum Gasteiger partial charge on any atom is 0.355 e. The van der Waals surface area contributed by atoms with Crippen LogP contribution in [0.2, 0.25) is 0 Å². The van der Waals surface area contributed by atoms with Gasteiger partial charge in [0, 0.05) is 5.69 Å². The molecule has 2 unspecified atom stereocenters. The van der Waals surface area contributed by atoms with Crippen LogP contribution in [-0.4, -0.2) is 50.7 Å². The molecule has 188 valence electrons. The number of carbonyl (C=O) groups excluding carboxylic acids is 3. The Balaban J connectivity index is 1.97. The number of hydrogen-bond donors (Lipinski definition) is 1. The number of anilines is 2. The average molecular weight is 501 g/mol. The van der Waals surface area contributed by atoms with Crippen LogP contribution in [0.3, 0.4) is 0 Å². The van der Waals surface area contributed by atoms with Gasteiger partial charge in [-0.15, -0.1) is 0 Å². The van der Waals surface area contributed by atoms with Crippen LogP contribution in [0, 0.1) is 28.1 Å². The summed E-state index contributed by atoms with van der Waals surface area (Å²) in [4.78, 5) is 41.2. The number of carbonyl (C=O) groups is 3. The molecule has 2 atom stereocenters. The quantitative estimate of drug-likeness (QED) is 0.595. The van der Waals surface area contributed by atoms with Gasteiger partial charge in [-0.05, 0) is 43.3 Å². The van der Waals surface area contributed by atoms with Crippen LogP contribution in [0.1, 0.15) is 6.92 Å². The first-order valence-electron chi connectivity index (χ1n) is 11.1. The summed E-state index contributed by atoms with van der Waals surface area (Å²) in [6.07, 6.45) is 0. The van der Waals surface area contributed by atoms with Gasteiger partial charge in [0.25, 0.3) is 5.91 Å². The highest BCUT2D eigenvalue weighted by molar-refractivity contribution is 6.28. The lowest BCUT2D eigenvalue weighted by molar-refractivity contribution is -0.139. The Morgan fingerprint density at radius 1 is 1.00 bits per heavy atom. The molecule has 2 heterocycles. The summed E-state index contributed by atoms with van der Waals surface area (Å²) in [6, 6.07) is 16.8. The number of benzene rings is 2. The molecule has 2 aliphatic rings. The number of rotatable bonds is 6. The average Bonchev–Trinajstić information content (AvgIpc) is 3.38. The molecular weight excluding hydrogens is 478 g/mol. The number of hydrogen-bond acceptors (Lipinski definition) is 9. The van der Waals surface area contributed by atoms with Gasteiger partial charge >= 0.3 is 11.9 Å². The van der Waals surface area contributed by atoms with Crippen LogP contribution in [0.5, 0.6) is 5.75 Å². The maximum absolute atomic E-state index is 13.8. The number of nitriles is 1. The Hall–Kier alpha value is -4.98. The van der Waals surface area contributed by atoms with Gasteiger partial charge in [-0.2, -0.15) is 10.4 Å². The zero-order chi connectivity index (χ0) is 26.9. The summed E-state index contributed by atoms with van der Waals surface area (Å²) in [7, 11) is 3.67. The Morgan fingerprint density at radius 3 is 2.16 bits per heavy atom.